The number of anilines is 1. The first-order chi connectivity index (χ1) is 13.0. The van der Waals surface area contributed by atoms with E-state index in [1.807, 2.05) is 0 Å². The molecule has 0 spiro atoms. The summed E-state index contributed by atoms with van der Waals surface area (Å²) in [5.74, 6) is 1.05. The molecule has 1 aromatic carbocycles. The summed E-state index contributed by atoms with van der Waals surface area (Å²) in [6, 6.07) is 8.77. The van der Waals surface area contributed by atoms with Crippen molar-refractivity contribution in [3.63, 3.8) is 0 Å². The number of aliphatic hydroxyl groups excluding tert-OH is 1. The fourth-order valence-corrected chi connectivity index (χ4v) is 3.80. The van der Waals surface area contributed by atoms with Crippen LogP contribution in [0.5, 0.6) is 0 Å². The highest BCUT2D eigenvalue weighted by Crippen LogP contribution is 2.28. The van der Waals surface area contributed by atoms with Gasteiger partial charge in [0, 0.05) is 43.7 Å². The number of hydrogen-bond acceptors (Lipinski definition) is 5. The molecule has 1 aliphatic rings. The Bertz CT molecular complexity index is 761. The molecule has 0 radical (unpaired) electrons. The van der Waals surface area contributed by atoms with Gasteiger partial charge in [-0.15, -0.1) is 0 Å². The van der Waals surface area contributed by atoms with E-state index in [2.05, 4.69) is 66.9 Å². The van der Waals surface area contributed by atoms with Gasteiger partial charge >= 0.3 is 0 Å². The lowest BCUT2D eigenvalue weighted by atomic mass is 10.1. The van der Waals surface area contributed by atoms with Gasteiger partial charge in [-0.25, -0.2) is 4.98 Å². The highest BCUT2D eigenvalue weighted by Gasteiger charge is 2.22. The topological polar surface area (TPSA) is 42.8 Å². The van der Waals surface area contributed by atoms with Gasteiger partial charge in [-0.05, 0) is 58.6 Å². The van der Waals surface area contributed by atoms with Crippen molar-refractivity contribution < 1.29 is 5.11 Å². The molecular formula is C22H34N4O. The molecule has 0 aliphatic carbocycles. The van der Waals surface area contributed by atoms with E-state index >= 15 is 0 Å². The van der Waals surface area contributed by atoms with Crippen molar-refractivity contribution in [2.75, 3.05) is 51.7 Å². The van der Waals surface area contributed by atoms with Crippen LogP contribution in [0.15, 0.2) is 24.3 Å². The Morgan fingerprint density at radius 3 is 2.74 bits per heavy atom. The average Bonchev–Trinajstić information content (AvgIpc) is 2.64. The lowest BCUT2D eigenvalue weighted by molar-refractivity contribution is 0.153. The molecule has 1 aliphatic heterocycles. The first kappa shape index (κ1) is 20.1. The third-order valence-electron chi connectivity index (χ3n) is 5.43. The van der Waals surface area contributed by atoms with Crippen molar-refractivity contribution in [3.8, 4) is 0 Å². The minimum atomic E-state index is -0.252. The van der Waals surface area contributed by atoms with Crippen molar-refractivity contribution in [3.05, 3.63) is 35.4 Å². The number of benzene rings is 1. The Labute approximate surface area is 163 Å². The minimum Gasteiger partial charge on any atom is -0.391 e. The van der Waals surface area contributed by atoms with Gasteiger partial charge in [0.25, 0.3) is 0 Å². The van der Waals surface area contributed by atoms with E-state index in [0.717, 1.165) is 56.9 Å². The molecule has 0 amide bonds. The van der Waals surface area contributed by atoms with Crippen LogP contribution in [0.4, 0.5) is 5.82 Å². The Morgan fingerprint density at radius 2 is 2.04 bits per heavy atom. The van der Waals surface area contributed by atoms with Crippen LogP contribution in [0.2, 0.25) is 0 Å². The number of hydrogen-bond donors (Lipinski definition) is 1. The zero-order chi connectivity index (χ0) is 19.4. The largest absolute Gasteiger partial charge is 0.391 e. The number of likely N-dealkylation sites (N-methyl/N-ethyl adjacent to an activating group) is 2. The van der Waals surface area contributed by atoms with Crippen LogP contribution in [-0.2, 0) is 6.54 Å². The summed E-state index contributed by atoms with van der Waals surface area (Å²) in [6.45, 7) is 10.00. The molecule has 5 heteroatoms. The van der Waals surface area contributed by atoms with Crippen LogP contribution in [0.3, 0.4) is 0 Å². The van der Waals surface area contributed by atoms with E-state index in [-0.39, 0.29) is 6.10 Å². The maximum absolute atomic E-state index is 10.2. The molecule has 1 fully saturated rings. The van der Waals surface area contributed by atoms with Gasteiger partial charge in [0.1, 0.15) is 5.82 Å². The standard InChI is InChI=1S/C22H34N4O/c1-5-25(12-11-24(3)4)15-19-14-18-13-17(2)8-9-21(18)23-22(19)26-10-6-7-20(27)16-26/h8-9,13-14,20,27H,5-7,10-12,15-16H2,1-4H3. The minimum absolute atomic E-state index is 0.252. The van der Waals surface area contributed by atoms with E-state index < -0.39 is 0 Å². The fraction of sp³-hybridized carbons (Fsp3) is 0.591. The second-order valence-corrected chi connectivity index (χ2v) is 8.08. The van der Waals surface area contributed by atoms with Crippen LogP contribution >= 0.6 is 0 Å². The van der Waals surface area contributed by atoms with Crippen molar-refractivity contribution in [1.82, 2.24) is 14.8 Å². The van der Waals surface area contributed by atoms with Crippen LogP contribution < -0.4 is 4.90 Å². The summed E-state index contributed by atoms with van der Waals surface area (Å²) in [5.41, 5.74) is 3.56. The number of nitrogens with zero attached hydrogens (tertiary/aromatic N) is 4. The Balaban J connectivity index is 1.95. The van der Waals surface area contributed by atoms with Crippen LogP contribution in [0, 0.1) is 6.92 Å². The van der Waals surface area contributed by atoms with Gasteiger partial charge in [-0.3, -0.25) is 4.90 Å². The summed E-state index contributed by atoms with van der Waals surface area (Å²) in [4.78, 5) is 12.0. The predicted molar refractivity (Wildman–Crippen MR) is 113 cm³/mol. The van der Waals surface area contributed by atoms with E-state index in [9.17, 15) is 5.11 Å². The molecule has 27 heavy (non-hydrogen) atoms. The maximum Gasteiger partial charge on any atom is 0.133 e. The molecule has 1 N–H and O–H groups in total. The molecule has 1 saturated heterocycles. The SMILES string of the molecule is CCN(CCN(C)C)Cc1cc2cc(C)ccc2nc1N1CCCC(O)C1. The average molecular weight is 371 g/mol. The van der Waals surface area contributed by atoms with E-state index in [1.54, 1.807) is 0 Å². The van der Waals surface area contributed by atoms with Crippen LogP contribution in [0.1, 0.15) is 30.9 Å². The van der Waals surface area contributed by atoms with Gasteiger partial charge in [-0.2, -0.15) is 0 Å². The van der Waals surface area contributed by atoms with Gasteiger partial charge in [0.05, 0.1) is 11.6 Å². The Kier molecular flexibility index (Phi) is 6.68. The van der Waals surface area contributed by atoms with Gasteiger partial charge < -0.3 is 14.9 Å². The number of pyridine rings is 1. The number of β-amino-alcohol motifs (C(OH)–C–C–N with tert-alkyl or cyclic N) is 1. The first-order valence-corrected chi connectivity index (χ1v) is 10.2. The zero-order valence-electron chi connectivity index (χ0n) is 17.3. The van der Waals surface area contributed by atoms with E-state index in [0.29, 0.717) is 6.54 Å². The summed E-state index contributed by atoms with van der Waals surface area (Å²) >= 11 is 0. The summed E-state index contributed by atoms with van der Waals surface area (Å²) in [7, 11) is 4.24. The summed E-state index contributed by atoms with van der Waals surface area (Å²) in [6.07, 6.45) is 1.66. The van der Waals surface area contributed by atoms with Crippen LogP contribution in [-0.4, -0.2) is 72.8 Å². The van der Waals surface area contributed by atoms with Gasteiger partial charge in [0.2, 0.25) is 0 Å². The van der Waals surface area contributed by atoms with Crippen molar-refractivity contribution in [2.45, 2.75) is 39.3 Å². The Hall–Kier alpha value is -1.69. The summed E-state index contributed by atoms with van der Waals surface area (Å²) in [5, 5.41) is 11.4. The number of aryl methyl sites for hydroxylation is 1. The molecule has 0 saturated carbocycles. The predicted octanol–water partition coefficient (Wildman–Crippen LogP) is 2.89. The number of aliphatic hydroxyl groups is 1. The molecule has 1 atom stereocenters. The van der Waals surface area contributed by atoms with Crippen LogP contribution in [0.25, 0.3) is 10.9 Å². The number of piperidine rings is 1. The fourth-order valence-electron chi connectivity index (χ4n) is 3.80. The second-order valence-electron chi connectivity index (χ2n) is 8.08. The first-order valence-electron chi connectivity index (χ1n) is 10.2. The number of fused-ring (bicyclic) bond motifs is 1. The smallest absolute Gasteiger partial charge is 0.133 e. The second kappa shape index (κ2) is 9.00. The normalized spacial score (nSPS) is 18.0. The lowest BCUT2D eigenvalue weighted by Crippen LogP contribution is -2.40. The third-order valence-corrected chi connectivity index (χ3v) is 5.43. The highest BCUT2D eigenvalue weighted by atomic mass is 16.3. The zero-order valence-corrected chi connectivity index (χ0v) is 17.3. The van der Waals surface area contributed by atoms with Gasteiger partial charge in [0.15, 0.2) is 0 Å². The molecule has 5 nitrogen and oxygen atoms in total. The highest BCUT2D eigenvalue weighted by molar-refractivity contribution is 5.82. The molecule has 2 heterocycles. The number of aromatic nitrogens is 1. The van der Waals surface area contributed by atoms with Crippen molar-refractivity contribution >= 4 is 16.7 Å². The molecule has 3 rings (SSSR count). The molecule has 0 bridgehead atoms. The molecule has 148 valence electrons. The van der Waals surface area contributed by atoms with Crippen molar-refractivity contribution in [1.29, 1.82) is 0 Å². The molecule has 1 unspecified atom stereocenters. The van der Waals surface area contributed by atoms with Crippen molar-refractivity contribution in [2.24, 2.45) is 0 Å². The number of rotatable bonds is 7. The van der Waals surface area contributed by atoms with Gasteiger partial charge in [-0.1, -0.05) is 18.6 Å². The summed E-state index contributed by atoms with van der Waals surface area (Å²) < 4.78 is 0. The van der Waals surface area contributed by atoms with E-state index in [1.165, 1.54) is 16.5 Å². The maximum atomic E-state index is 10.2. The lowest BCUT2D eigenvalue weighted by Gasteiger charge is -2.33. The van der Waals surface area contributed by atoms with E-state index in [4.69, 9.17) is 4.98 Å². The monoisotopic (exact) mass is 370 g/mol. The molecule has 2 aromatic rings. The molecule has 1 aromatic heterocycles. The Morgan fingerprint density at radius 1 is 1.22 bits per heavy atom. The quantitative estimate of drug-likeness (QED) is 0.812. The molecular weight excluding hydrogens is 336 g/mol. The third kappa shape index (κ3) is 5.18.